The van der Waals surface area contributed by atoms with Crippen molar-refractivity contribution in [1.29, 1.82) is 0 Å². The molecule has 0 aliphatic carbocycles. The summed E-state index contributed by atoms with van der Waals surface area (Å²) < 4.78 is 39.0. The van der Waals surface area contributed by atoms with Crippen LogP contribution in [0.4, 0.5) is 19.0 Å². The van der Waals surface area contributed by atoms with E-state index >= 15 is 0 Å². The van der Waals surface area contributed by atoms with Crippen LogP contribution in [0.15, 0.2) is 30.3 Å². The van der Waals surface area contributed by atoms with Gasteiger partial charge in [0.1, 0.15) is 5.82 Å². The van der Waals surface area contributed by atoms with E-state index in [0.29, 0.717) is 17.8 Å². The molecule has 0 saturated heterocycles. The van der Waals surface area contributed by atoms with Crippen LogP contribution in [0, 0.1) is 13.8 Å². The minimum atomic E-state index is -4.39. The highest BCUT2D eigenvalue weighted by molar-refractivity contribution is 5.64. The van der Waals surface area contributed by atoms with E-state index in [-0.39, 0.29) is 5.82 Å². The van der Waals surface area contributed by atoms with Crippen LogP contribution < -0.4 is 5.32 Å². The lowest BCUT2D eigenvalue weighted by Gasteiger charge is -2.13. The van der Waals surface area contributed by atoms with Crippen LogP contribution in [-0.2, 0) is 6.18 Å². The van der Waals surface area contributed by atoms with Gasteiger partial charge >= 0.3 is 6.18 Å². The van der Waals surface area contributed by atoms with E-state index in [9.17, 15) is 13.2 Å². The van der Waals surface area contributed by atoms with Gasteiger partial charge in [0.25, 0.3) is 0 Å². The second-order valence-electron chi connectivity index (χ2n) is 4.95. The van der Waals surface area contributed by atoms with E-state index in [1.165, 1.54) is 0 Å². The Labute approximate surface area is 122 Å². The number of aromatic nitrogens is 1. The van der Waals surface area contributed by atoms with Crippen LogP contribution in [0.5, 0.6) is 0 Å². The molecule has 0 saturated carbocycles. The molecule has 112 valence electrons. The van der Waals surface area contributed by atoms with Crippen molar-refractivity contribution in [2.75, 3.05) is 11.9 Å². The third kappa shape index (κ3) is 3.54. The minimum absolute atomic E-state index is 0.237. The molecule has 0 fully saturated rings. The normalized spacial score (nSPS) is 11.5. The molecule has 0 unspecified atom stereocenters. The Balaban J connectivity index is 2.56. The second kappa shape index (κ2) is 5.76. The van der Waals surface area contributed by atoms with Crippen molar-refractivity contribution in [3.05, 3.63) is 47.0 Å². The molecule has 2 nitrogen and oxygen atoms in total. The topological polar surface area (TPSA) is 24.9 Å². The maximum atomic E-state index is 13.0. The second-order valence-corrected chi connectivity index (χ2v) is 4.95. The van der Waals surface area contributed by atoms with Crippen LogP contribution >= 0.6 is 0 Å². The summed E-state index contributed by atoms with van der Waals surface area (Å²) >= 11 is 0. The highest BCUT2D eigenvalue weighted by Gasteiger charge is 2.31. The van der Waals surface area contributed by atoms with E-state index in [1.807, 2.05) is 32.9 Å². The standard InChI is InChI=1S/C16H17F3N2/c1-4-20-15-9-13(16(17,18)19)8-14(21-15)12-6-5-10(2)11(3)7-12/h5-9H,4H2,1-3H3,(H,20,21). The van der Waals surface area contributed by atoms with E-state index < -0.39 is 11.7 Å². The first-order valence-electron chi connectivity index (χ1n) is 6.72. The van der Waals surface area contributed by atoms with Gasteiger partial charge in [-0.2, -0.15) is 13.2 Å². The van der Waals surface area contributed by atoms with Crippen LogP contribution in [-0.4, -0.2) is 11.5 Å². The number of nitrogens with one attached hydrogen (secondary N) is 1. The molecule has 2 aromatic rings. The van der Waals surface area contributed by atoms with Crippen LogP contribution in [0.25, 0.3) is 11.3 Å². The number of aryl methyl sites for hydroxylation is 2. The van der Waals surface area contributed by atoms with E-state index in [4.69, 9.17) is 0 Å². The summed E-state index contributed by atoms with van der Waals surface area (Å²) in [7, 11) is 0. The number of benzene rings is 1. The van der Waals surface area contributed by atoms with Gasteiger partial charge in [-0.15, -0.1) is 0 Å². The average molecular weight is 294 g/mol. The molecule has 1 N–H and O–H groups in total. The fraction of sp³-hybridized carbons (Fsp3) is 0.312. The van der Waals surface area contributed by atoms with Gasteiger partial charge in [0.15, 0.2) is 0 Å². The largest absolute Gasteiger partial charge is 0.416 e. The Morgan fingerprint density at radius 2 is 1.76 bits per heavy atom. The zero-order chi connectivity index (χ0) is 15.6. The molecule has 21 heavy (non-hydrogen) atoms. The van der Waals surface area contributed by atoms with Gasteiger partial charge in [-0.05, 0) is 50.1 Å². The molecule has 5 heteroatoms. The molecule has 0 spiro atoms. The Morgan fingerprint density at radius 1 is 1.05 bits per heavy atom. The molecule has 0 aliphatic rings. The Kier molecular flexibility index (Phi) is 4.21. The zero-order valence-corrected chi connectivity index (χ0v) is 12.2. The lowest BCUT2D eigenvalue weighted by atomic mass is 10.0. The fourth-order valence-corrected chi connectivity index (χ4v) is 2.01. The highest BCUT2D eigenvalue weighted by atomic mass is 19.4. The first kappa shape index (κ1) is 15.4. The molecule has 0 bridgehead atoms. The van der Waals surface area contributed by atoms with Gasteiger partial charge in [0.2, 0.25) is 0 Å². The van der Waals surface area contributed by atoms with Crippen LogP contribution in [0.1, 0.15) is 23.6 Å². The number of pyridine rings is 1. The zero-order valence-electron chi connectivity index (χ0n) is 12.2. The molecule has 0 amide bonds. The number of halogens is 3. The summed E-state index contributed by atoms with van der Waals surface area (Å²) in [5.41, 5.74) is 2.43. The van der Waals surface area contributed by atoms with Gasteiger partial charge < -0.3 is 5.32 Å². The monoisotopic (exact) mass is 294 g/mol. The number of anilines is 1. The molecule has 1 aromatic carbocycles. The SMILES string of the molecule is CCNc1cc(C(F)(F)F)cc(-c2ccc(C)c(C)c2)n1. The van der Waals surface area contributed by atoms with Gasteiger partial charge in [-0.3, -0.25) is 0 Å². The maximum Gasteiger partial charge on any atom is 0.416 e. The number of rotatable bonds is 3. The molecule has 2 rings (SSSR count). The quantitative estimate of drug-likeness (QED) is 0.878. The number of nitrogens with zero attached hydrogens (tertiary/aromatic N) is 1. The van der Waals surface area contributed by atoms with Crippen molar-refractivity contribution in [2.24, 2.45) is 0 Å². The average Bonchev–Trinajstić information content (AvgIpc) is 2.41. The van der Waals surface area contributed by atoms with Crippen LogP contribution in [0.3, 0.4) is 0 Å². The van der Waals surface area contributed by atoms with Crippen molar-refractivity contribution in [1.82, 2.24) is 4.98 Å². The molecule has 0 atom stereocenters. The van der Waals surface area contributed by atoms with Crippen molar-refractivity contribution >= 4 is 5.82 Å². The third-order valence-corrected chi connectivity index (χ3v) is 3.31. The highest BCUT2D eigenvalue weighted by Crippen LogP contribution is 2.33. The smallest absolute Gasteiger partial charge is 0.370 e. The molecule has 1 aromatic heterocycles. The predicted molar refractivity (Wildman–Crippen MR) is 78.3 cm³/mol. The number of hydrogen-bond donors (Lipinski definition) is 1. The van der Waals surface area contributed by atoms with E-state index in [1.54, 1.807) is 6.07 Å². The Hall–Kier alpha value is -2.04. The lowest BCUT2D eigenvalue weighted by Crippen LogP contribution is -2.08. The Bertz CT molecular complexity index is 648. The summed E-state index contributed by atoms with van der Waals surface area (Å²) in [6.07, 6.45) is -4.39. The molecule has 0 aliphatic heterocycles. The van der Waals surface area contributed by atoms with Gasteiger partial charge in [-0.25, -0.2) is 4.98 Å². The van der Waals surface area contributed by atoms with Gasteiger partial charge in [0.05, 0.1) is 11.3 Å². The van der Waals surface area contributed by atoms with Crippen molar-refractivity contribution in [3.63, 3.8) is 0 Å². The minimum Gasteiger partial charge on any atom is -0.370 e. The van der Waals surface area contributed by atoms with E-state index in [0.717, 1.165) is 23.3 Å². The summed E-state index contributed by atoms with van der Waals surface area (Å²) in [5, 5.41) is 2.85. The van der Waals surface area contributed by atoms with Crippen molar-refractivity contribution in [3.8, 4) is 11.3 Å². The summed E-state index contributed by atoms with van der Waals surface area (Å²) in [6.45, 7) is 6.22. The molecule has 1 heterocycles. The summed E-state index contributed by atoms with van der Waals surface area (Å²) in [5.74, 6) is 0.237. The Morgan fingerprint density at radius 3 is 2.33 bits per heavy atom. The third-order valence-electron chi connectivity index (χ3n) is 3.31. The molecular weight excluding hydrogens is 277 g/mol. The summed E-state index contributed by atoms with van der Waals surface area (Å²) in [6, 6.07) is 7.66. The van der Waals surface area contributed by atoms with Crippen molar-refractivity contribution in [2.45, 2.75) is 26.9 Å². The molecule has 0 radical (unpaired) electrons. The van der Waals surface area contributed by atoms with Crippen LogP contribution in [0.2, 0.25) is 0 Å². The lowest BCUT2D eigenvalue weighted by molar-refractivity contribution is -0.137. The predicted octanol–water partition coefficient (Wildman–Crippen LogP) is 4.82. The molecular formula is C16H17F3N2. The van der Waals surface area contributed by atoms with Gasteiger partial charge in [0, 0.05) is 12.1 Å². The first-order chi connectivity index (χ1) is 9.81. The first-order valence-corrected chi connectivity index (χ1v) is 6.72. The maximum absolute atomic E-state index is 13.0. The van der Waals surface area contributed by atoms with Crippen molar-refractivity contribution < 1.29 is 13.2 Å². The summed E-state index contributed by atoms with van der Waals surface area (Å²) in [4.78, 5) is 4.27. The van der Waals surface area contributed by atoms with E-state index in [2.05, 4.69) is 10.3 Å². The van der Waals surface area contributed by atoms with Gasteiger partial charge in [-0.1, -0.05) is 12.1 Å². The fourth-order valence-electron chi connectivity index (χ4n) is 2.01. The number of hydrogen-bond acceptors (Lipinski definition) is 2. The number of alkyl halides is 3.